The van der Waals surface area contributed by atoms with Gasteiger partial charge < -0.3 is 19.8 Å². The number of ether oxygens (including phenoxy) is 2. The van der Waals surface area contributed by atoms with Crippen LogP contribution in [0.4, 0.5) is 0 Å². The lowest BCUT2D eigenvalue weighted by Gasteiger charge is -2.15. The minimum absolute atomic E-state index is 0.711. The molecule has 2 N–H and O–H groups in total. The summed E-state index contributed by atoms with van der Waals surface area (Å²) in [6.45, 7) is 2.28. The summed E-state index contributed by atoms with van der Waals surface area (Å²) in [5, 5.41) is 3.32. The van der Waals surface area contributed by atoms with Gasteiger partial charge >= 0.3 is 0 Å². The van der Waals surface area contributed by atoms with Gasteiger partial charge in [-0.2, -0.15) is 0 Å². The van der Waals surface area contributed by atoms with E-state index in [1.807, 2.05) is 6.07 Å². The van der Waals surface area contributed by atoms with E-state index in [0.717, 1.165) is 43.2 Å². The number of benzene rings is 1. The van der Waals surface area contributed by atoms with Crippen molar-refractivity contribution in [2.75, 3.05) is 27.4 Å². The minimum atomic E-state index is 0.711. The quantitative estimate of drug-likeness (QED) is 0.797. The molecule has 0 aliphatic heterocycles. The largest absolute Gasteiger partial charge is 0.497 e. The van der Waals surface area contributed by atoms with Gasteiger partial charge in [0.15, 0.2) is 0 Å². The van der Waals surface area contributed by atoms with Gasteiger partial charge in [-0.15, -0.1) is 0 Å². The third-order valence-electron chi connectivity index (χ3n) is 3.82. The lowest BCUT2D eigenvalue weighted by atomic mass is 9.92. The van der Waals surface area contributed by atoms with Crippen LogP contribution in [0.15, 0.2) is 18.2 Å². The van der Waals surface area contributed by atoms with E-state index >= 15 is 0 Å². The summed E-state index contributed by atoms with van der Waals surface area (Å²) >= 11 is 0. The van der Waals surface area contributed by atoms with Crippen LogP contribution in [0, 0.1) is 0 Å². The molecule has 3 rings (SSSR count). The molecule has 0 bridgehead atoms. The third-order valence-corrected chi connectivity index (χ3v) is 3.82. The molecule has 1 aromatic heterocycles. The predicted molar refractivity (Wildman–Crippen MR) is 81.6 cm³/mol. The van der Waals surface area contributed by atoms with Crippen molar-refractivity contribution in [1.82, 2.24) is 15.3 Å². The molecule has 0 saturated carbocycles. The van der Waals surface area contributed by atoms with Crippen molar-refractivity contribution in [3.8, 4) is 17.0 Å². The van der Waals surface area contributed by atoms with Crippen molar-refractivity contribution >= 4 is 0 Å². The molecule has 5 nitrogen and oxygen atoms in total. The number of fused-ring (bicyclic) bond motifs is 3. The maximum Gasteiger partial charge on any atom is 0.121 e. The lowest BCUT2D eigenvalue weighted by molar-refractivity contribution is 0.199. The Morgan fingerprint density at radius 1 is 1.29 bits per heavy atom. The second kappa shape index (κ2) is 6.28. The van der Waals surface area contributed by atoms with Crippen LogP contribution >= 0.6 is 0 Å². The second-order valence-electron chi connectivity index (χ2n) is 5.20. The van der Waals surface area contributed by atoms with Crippen molar-refractivity contribution < 1.29 is 9.47 Å². The molecule has 0 unspecified atom stereocenters. The summed E-state index contributed by atoms with van der Waals surface area (Å²) in [5.74, 6) is 1.90. The first-order valence-corrected chi connectivity index (χ1v) is 7.26. The van der Waals surface area contributed by atoms with Crippen LogP contribution in [0.3, 0.4) is 0 Å². The average Bonchev–Trinajstić information content (AvgIpc) is 2.94. The number of methoxy groups -OCH3 is 2. The highest BCUT2D eigenvalue weighted by molar-refractivity contribution is 5.69. The van der Waals surface area contributed by atoms with Gasteiger partial charge in [-0.05, 0) is 36.6 Å². The molecule has 5 heteroatoms. The van der Waals surface area contributed by atoms with E-state index in [2.05, 4.69) is 22.4 Å². The van der Waals surface area contributed by atoms with E-state index in [-0.39, 0.29) is 0 Å². The Labute approximate surface area is 124 Å². The zero-order valence-electron chi connectivity index (χ0n) is 12.5. The number of hydrogen-bond donors (Lipinski definition) is 2. The number of nitrogens with one attached hydrogen (secondary N) is 2. The highest BCUT2D eigenvalue weighted by Crippen LogP contribution is 2.33. The van der Waals surface area contributed by atoms with Crippen molar-refractivity contribution in [3.63, 3.8) is 0 Å². The summed E-state index contributed by atoms with van der Waals surface area (Å²) in [6.07, 6.45) is 2.03. The summed E-state index contributed by atoms with van der Waals surface area (Å²) in [7, 11) is 3.41. The van der Waals surface area contributed by atoms with E-state index in [9.17, 15) is 0 Å². The number of aryl methyl sites for hydroxylation is 2. The zero-order chi connectivity index (χ0) is 14.7. The Morgan fingerprint density at radius 2 is 2.19 bits per heavy atom. The van der Waals surface area contributed by atoms with E-state index in [0.29, 0.717) is 6.61 Å². The van der Waals surface area contributed by atoms with E-state index < -0.39 is 0 Å². The van der Waals surface area contributed by atoms with Crippen LogP contribution in [-0.4, -0.2) is 37.3 Å². The van der Waals surface area contributed by atoms with Gasteiger partial charge in [0.2, 0.25) is 0 Å². The molecular weight excluding hydrogens is 266 g/mol. The van der Waals surface area contributed by atoms with Gasteiger partial charge in [-0.3, -0.25) is 0 Å². The average molecular weight is 287 g/mol. The molecule has 0 fully saturated rings. The molecule has 21 heavy (non-hydrogen) atoms. The monoisotopic (exact) mass is 287 g/mol. The Hall–Kier alpha value is -1.85. The number of nitrogens with zero attached hydrogens (tertiary/aromatic N) is 1. The first-order valence-electron chi connectivity index (χ1n) is 7.26. The highest BCUT2D eigenvalue weighted by atomic mass is 16.5. The standard InChI is InChI=1S/C16H21N3O2/c1-20-8-7-17-10-15-18-14-6-3-11-9-12(21-2)4-5-13(11)16(14)19-15/h4-5,9,17H,3,6-8,10H2,1-2H3,(H,18,19). The van der Waals surface area contributed by atoms with Crippen LogP contribution in [0.5, 0.6) is 5.75 Å². The predicted octanol–water partition coefficient (Wildman–Crippen LogP) is 1.92. The zero-order valence-corrected chi connectivity index (χ0v) is 12.5. The summed E-state index contributed by atoms with van der Waals surface area (Å²) in [6, 6.07) is 6.22. The molecule has 1 heterocycles. The van der Waals surface area contributed by atoms with Gasteiger partial charge in [0, 0.05) is 24.9 Å². The first kappa shape index (κ1) is 14.1. The summed E-state index contributed by atoms with van der Waals surface area (Å²) < 4.78 is 10.3. The van der Waals surface area contributed by atoms with E-state index in [4.69, 9.17) is 14.5 Å². The fourth-order valence-electron chi connectivity index (χ4n) is 2.73. The van der Waals surface area contributed by atoms with Gasteiger partial charge in [-0.25, -0.2) is 4.98 Å². The number of rotatable bonds is 6. The Bertz CT molecular complexity index is 622. The fraction of sp³-hybridized carbons (Fsp3) is 0.438. The Kier molecular flexibility index (Phi) is 4.22. The number of hydrogen-bond acceptors (Lipinski definition) is 4. The topological polar surface area (TPSA) is 59.2 Å². The van der Waals surface area contributed by atoms with E-state index in [1.54, 1.807) is 14.2 Å². The van der Waals surface area contributed by atoms with Crippen LogP contribution in [0.1, 0.15) is 17.1 Å². The summed E-state index contributed by atoms with van der Waals surface area (Å²) in [5.41, 5.74) is 4.85. The molecule has 112 valence electrons. The molecule has 1 aliphatic carbocycles. The van der Waals surface area contributed by atoms with Crippen LogP contribution in [0.25, 0.3) is 11.3 Å². The maximum atomic E-state index is 5.30. The second-order valence-corrected chi connectivity index (χ2v) is 5.20. The Morgan fingerprint density at radius 3 is 3.00 bits per heavy atom. The number of aromatic nitrogens is 2. The SMILES string of the molecule is COCCNCc1nc2c([nH]1)CCc1cc(OC)ccc1-2. The van der Waals surface area contributed by atoms with Crippen molar-refractivity contribution in [3.05, 3.63) is 35.3 Å². The Balaban J connectivity index is 1.79. The normalized spacial score (nSPS) is 12.9. The molecule has 1 aromatic carbocycles. The third kappa shape index (κ3) is 2.94. The van der Waals surface area contributed by atoms with Crippen molar-refractivity contribution in [1.29, 1.82) is 0 Å². The molecule has 0 radical (unpaired) electrons. The van der Waals surface area contributed by atoms with Gasteiger partial charge in [0.1, 0.15) is 11.6 Å². The molecule has 0 atom stereocenters. The molecular formula is C16H21N3O2. The van der Waals surface area contributed by atoms with Crippen LogP contribution < -0.4 is 10.1 Å². The van der Waals surface area contributed by atoms with Gasteiger partial charge in [-0.1, -0.05) is 0 Å². The molecule has 2 aromatic rings. The molecule has 0 amide bonds. The highest BCUT2D eigenvalue weighted by Gasteiger charge is 2.20. The van der Waals surface area contributed by atoms with Crippen LogP contribution in [0.2, 0.25) is 0 Å². The first-order chi connectivity index (χ1) is 10.3. The smallest absolute Gasteiger partial charge is 0.121 e. The van der Waals surface area contributed by atoms with Gasteiger partial charge in [0.05, 0.1) is 26.0 Å². The molecule has 0 saturated heterocycles. The number of imidazole rings is 1. The van der Waals surface area contributed by atoms with Crippen molar-refractivity contribution in [2.45, 2.75) is 19.4 Å². The van der Waals surface area contributed by atoms with Crippen molar-refractivity contribution in [2.24, 2.45) is 0 Å². The van der Waals surface area contributed by atoms with Crippen LogP contribution in [-0.2, 0) is 24.1 Å². The lowest BCUT2D eigenvalue weighted by Crippen LogP contribution is -2.19. The number of H-pyrrole nitrogens is 1. The maximum absolute atomic E-state index is 5.30. The van der Waals surface area contributed by atoms with E-state index in [1.165, 1.54) is 16.8 Å². The summed E-state index contributed by atoms with van der Waals surface area (Å²) in [4.78, 5) is 8.18. The van der Waals surface area contributed by atoms with Gasteiger partial charge in [0.25, 0.3) is 0 Å². The molecule has 1 aliphatic rings. The fourth-order valence-corrected chi connectivity index (χ4v) is 2.73. The molecule has 0 spiro atoms. The number of aromatic amines is 1. The minimum Gasteiger partial charge on any atom is -0.497 e.